The summed E-state index contributed by atoms with van der Waals surface area (Å²) in [6.07, 6.45) is 4.95. The second-order valence-corrected chi connectivity index (χ2v) is 6.17. The summed E-state index contributed by atoms with van der Waals surface area (Å²) in [5.74, 6) is -0.00431. The molecule has 1 aromatic heterocycles. The summed E-state index contributed by atoms with van der Waals surface area (Å²) < 4.78 is 27.2. The van der Waals surface area contributed by atoms with Gasteiger partial charge in [-0.2, -0.15) is 9.40 Å². The maximum absolute atomic E-state index is 12.2. The second-order valence-electron chi connectivity index (χ2n) is 4.23. The quantitative estimate of drug-likeness (QED) is 0.716. The van der Waals surface area contributed by atoms with Gasteiger partial charge in [0.05, 0.1) is 6.20 Å². The highest BCUT2D eigenvalue weighted by molar-refractivity contribution is 7.89. The number of carbonyl (C=O) groups is 1. The number of aldehydes is 1. The summed E-state index contributed by atoms with van der Waals surface area (Å²) in [6.45, 7) is 0.807. The predicted molar refractivity (Wildman–Crippen MR) is 60.8 cm³/mol. The van der Waals surface area contributed by atoms with Crippen LogP contribution in [0, 0.1) is 5.92 Å². The molecule has 1 saturated heterocycles. The molecule has 0 aliphatic carbocycles. The molecule has 1 aromatic rings. The van der Waals surface area contributed by atoms with Crippen LogP contribution in [0.3, 0.4) is 0 Å². The van der Waals surface area contributed by atoms with Crippen molar-refractivity contribution in [2.45, 2.75) is 17.7 Å². The molecule has 0 aromatic carbocycles. The van der Waals surface area contributed by atoms with Crippen LogP contribution < -0.4 is 0 Å². The molecular formula is C10H15N3O3S. The highest BCUT2D eigenvalue weighted by atomic mass is 32.2. The summed E-state index contributed by atoms with van der Waals surface area (Å²) in [5, 5.41) is 3.86. The third-order valence-corrected chi connectivity index (χ3v) is 4.86. The Kier molecular flexibility index (Phi) is 3.30. The predicted octanol–water partition coefficient (Wildman–Crippen LogP) is 0.0197. The van der Waals surface area contributed by atoms with Crippen molar-refractivity contribution < 1.29 is 13.2 Å². The van der Waals surface area contributed by atoms with Crippen LogP contribution in [0.5, 0.6) is 0 Å². The minimum absolute atomic E-state index is 0.00431. The Labute approximate surface area is 100 Å². The second kappa shape index (κ2) is 4.58. The van der Waals surface area contributed by atoms with E-state index in [2.05, 4.69) is 5.10 Å². The zero-order valence-corrected chi connectivity index (χ0v) is 10.4. The fraction of sp³-hybridized carbons (Fsp3) is 0.600. The number of aromatic nitrogens is 2. The van der Waals surface area contributed by atoms with E-state index in [1.807, 2.05) is 0 Å². The fourth-order valence-electron chi connectivity index (χ4n) is 1.93. The van der Waals surface area contributed by atoms with Gasteiger partial charge in [-0.1, -0.05) is 0 Å². The van der Waals surface area contributed by atoms with Crippen molar-refractivity contribution in [1.82, 2.24) is 14.1 Å². The summed E-state index contributed by atoms with van der Waals surface area (Å²) in [4.78, 5) is 10.8. The molecule has 1 aliphatic heterocycles. The molecule has 0 bridgehead atoms. The molecule has 0 saturated carbocycles. The molecule has 0 radical (unpaired) electrons. The highest BCUT2D eigenvalue weighted by Crippen LogP contribution is 2.22. The van der Waals surface area contributed by atoms with Crippen LogP contribution in [0.25, 0.3) is 0 Å². The average molecular weight is 257 g/mol. The minimum Gasteiger partial charge on any atom is -0.303 e. The van der Waals surface area contributed by atoms with Crippen molar-refractivity contribution in [2.24, 2.45) is 13.0 Å². The van der Waals surface area contributed by atoms with Crippen molar-refractivity contribution in [1.29, 1.82) is 0 Å². The van der Waals surface area contributed by atoms with E-state index in [1.54, 1.807) is 7.05 Å². The Hall–Kier alpha value is -1.21. The van der Waals surface area contributed by atoms with Gasteiger partial charge in [-0.05, 0) is 12.8 Å². The first-order valence-corrected chi connectivity index (χ1v) is 6.92. The lowest BCUT2D eigenvalue weighted by Gasteiger charge is -2.28. The maximum atomic E-state index is 12.2. The SMILES string of the molecule is Cn1cc(S(=O)(=O)N2CCC(C=O)CC2)cn1. The fourth-order valence-corrected chi connectivity index (χ4v) is 3.39. The van der Waals surface area contributed by atoms with Gasteiger partial charge >= 0.3 is 0 Å². The normalized spacial score (nSPS) is 19.4. The van der Waals surface area contributed by atoms with Gasteiger partial charge in [-0.15, -0.1) is 0 Å². The van der Waals surface area contributed by atoms with Crippen molar-refractivity contribution in [3.63, 3.8) is 0 Å². The zero-order valence-electron chi connectivity index (χ0n) is 9.61. The average Bonchev–Trinajstić information content (AvgIpc) is 2.77. The Morgan fingerprint density at radius 3 is 2.53 bits per heavy atom. The lowest BCUT2D eigenvalue weighted by Crippen LogP contribution is -2.38. The van der Waals surface area contributed by atoms with Crippen LogP contribution in [0.1, 0.15) is 12.8 Å². The lowest BCUT2D eigenvalue weighted by atomic mass is 10.0. The van der Waals surface area contributed by atoms with Crippen molar-refractivity contribution >= 4 is 16.3 Å². The topological polar surface area (TPSA) is 72.3 Å². The van der Waals surface area contributed by atoms with E-state index in [4.69, 9.17) is 0 Å². The summed E-state index contributed by atoms with van der Waals surface area (Å²) >= 11 is 0. The molecule has 0 amide bonds. The van der Waals surface area contributed by atoms with Crippen LogP contribution in [0.2, 0.25) is 0 Å². The van der Waals surface area contributed by atoms with Gasteiger partial charge in [0.25, 0.3) is 0 Å². The van der Waals surface area contributed by atoms with Crippen molar-refractivity contribution in [2.75, 3.05) is 13.1 Å². The Bertz CT molecular complexity index is 501. The number of nitrogens with zero attached hydrogens (tertiary/aromatic N) is 3. The van der Waals surface area contributed by atoms with E-state index in [0.29, 0.717) is 25.9 Å². The largest absolute Gasteiger partial charge is 0.303 e. The van der Waals surface area contributed by atoms with Crippen LogP contribution >= 0.6 is 0 Å². The molecule has 2 rings (SSSR count). The first kappa shape index (κ1) is 12.3. The number of aryl methyl sites for hydroxylation is 1. The molecule has 17 heavy (non-hydrogen) atoms. The van der Waals surface area contributed by atoms with E-state index in [0.717, 1.165) is 6.29 Å². The molecule has 6 nitrogen and oxygen atoms in total. The zero-order chi connectivity index (χ0) is 12.5. The summed E-state index contributed by atoms with van der Waals surface area (Å²) in [5.41, 5.74) is 0. The third kappa shape index (κ3) is 2.39. The minimum atomic E-state index is -3.44. The van der Waals surface area contributed by atoms with E-state index >= 15 is 0 Å². The standard InChI is InChI=1S/C10H15N3O3S/c1-12-7-10(6-11-12)17(15,16)13-4-2-9(8-14)3-5-13/h6-9H,2-5H2,1H3. The van der Waals surface area contributed by atoms with Gasteiger partial charge in [0, 0.05) is 32.3 Å². The number of carbonyl (C=O) groups excluding carboxylic acids is 1. The molecular weight excluding hydrogens is 242 g/mol. The molecule has 94 valence electrons. The third-order valence-electron chi connectivity index (χ3n) is 3.01. The highest BCUT2D eigenvalue weighted by Gasteiger charge is 2.29. The molecule has 0 atom stereocenters. The van der Waals surface area contributed by atoms with E-state index in [1.165, 1.54) is 21.4 Å². The molecule has 1 fully saturated rings. The molecule has 0 spiro atoms. The lowest BCUT2D eigenvalue weighted by molar-refractivity contribution is -0.112. The molecule has 7 heteroatoms. The van der Waals surface area contributed by atoms with E-state index in [9.17, 15) is 13.2 Å². The van der Waals surface area contributed by atoms with E-state index < -0.39 is 10.0 Å². The van der Waals surface area contributed by atoms with Gasteiger partial charge < -0.3 is 4.79 Å². The molecule has 2 heterocycles. The van der Waals surface area contributed by atoms with E-state index in [-0.39, 0.29) is 10.8 Å². The molecule has 0 N–H and O–H groups in total. The van der Waals surface area contributed by atoms with Gasteiger partial charge in [0.2, 0.25) is 10.0 Å². The Morgan fingerprint density at radius 2 is 2.06 bits per heavy atom. The number of hydrogen-bond acceptors (Lipinski definition) is 4. The number of sulfonamides is 1. The van der Waals surface area contributed by atoms with Crippen LogP contribution in [-0.2, 0) is 21.9 Å². The number of piperidine rings is 1. The smallest absolute Gasteiger partial charge is 0.246 e. The Balaban J connectivity index is 2.15. The number of rotatable bonds is 3. The Morgan fingerprint density at radius 1 is 1.41 bits per heavy atom. The van der Waals surface area contributed by atoms with Gasteiger partial charge in [-0.25, -0.2) is 8.42 Å². The number of hydrogen-bond donors (Lipinski definition) is 0. The van der Waals surface area contributed by atoms with Crippen LogP contribution in [-0.4, -0.2) is 41.9 Å². The monoisotopic (exact) mass is 257 g/mol. The maximum Gasteiger partial charge on any atom is 0.246 e. The van der Waals surface area contributed by atoms with Crippen molar-refractivity contribution in [3.8, 4) is 0 Å². The van der Waals surface area contributed by atoms with Gasteiger partial charge in [0.1, 0.15) is 11.2 Å². The first-order valence-electron chi connectivity index (χ1n) is 5.48. The van der Waals surface area contributed by atoms with Crippen molar-refractivity contribution in [3.05, 3.63) is 12.4 Å². The van der Waals surface area contributed by atoms with Crippen LogP contribution in [0.4, 0.5) is 0 Å². The van der Waals surface area contributed by atoms with Gasteiger partial charge in [-0.3, -0.25) is 4.68 Å². The van der Waals surface area contributed by atoms with Crippen LogP contribution in [0.15, 0.2) is 17.3 Å². The van der Waals surface area contributed by atoms with Gasteiger partial charge in [0.15, 0.2) is 0 Å². The summed E-state index contributed by atoms with van der Waals surface area (Å²) in [6, 6.07) is 0. The molecule has 1 aliphatic rings. The summed E-state index contributed by atoms with van der Waals surface area (Å²) in [7, 11) is -1.76. The first-order chi connectivity index (χ1) is 8.04. The molecule has 0 unspecified atom stereocenters.